The molecule has 0 radical (unpaired) electrons. The molecule has 1 aliphatic rings. The van der Waals surface area contributed by atoms with Crippen molar-refractivity contribution in [3.05, 3.63) is 0 Å². The third-order valence-corrected chi connectivity index (χ3v) is 2.28. The third kappa shape index (κ3) is 2.61. The SMILES string of the molecule is CNC(=O)CSC1COC(=O)O1. The van der Waals surface area contributed by atoms with Crippen LogP contribution in [0.25, 0.3) is 0 Å². The Morgan fingerprint density at radius 3 is 3.08 bits per heavy atom. The van der Waals surface area contributed by atoms with Crippen LogP contribution in [-0.4, -0.2) is 36.9 Å². The van der Waals surface area contributed by atoms with Crippen molar-refractivity contribution in [3.8, 4) is 0 Å². The largest absolute Gasteiger partial charge is 0.509 e. The van der Waals surface area contributed by atoms with Crippen molar-refractivity contribution in [1.82, 2.24) is 5.32 Å². The molecular weight excluding hydrogens is 182 g/mol. The topological polar surface area (TPSA) is 64.6 Å². The molecule has 1 atom stereocenters. The summed E-state index contributed by atoms with van der Waals surface area (Å²) >= 11 is 1.24. The van der Waals surface area contributed by atoms with E-state index in [0.29, 0.717) is 0 Å². The summed E-state index contributed by atoms with van der Waals surface area (Å²) in [4.78, 5) is 21.1. The van der Waals surface area contributed by atoms with Crippen LogP contribution in [0.15, 0.2) is 0 Å². The van der Waals surface area contributed by atoms with Gasteiger partial charge in [-0.15, -0.1) is 11.8 Å². The molecule has 0 aromatic rings. The number of thioether (sulfide) groups is 1. The van der Waals surface area contributed by atoms with E-state index in [1.807, 2.05) is 0 Å². The summed E-state index contributed by atoms with van der Waals surface area (Å²) in [6, 6.07) is 0. The van der Waals surface area contributed by atoms with Crippen LogP contribution in [0.1, 0.15) is 0 Å². The third-order valence-electron chi connectivity index (χ3n) is 1.24. The van der Waals surface area contributed by atoms with Crippen LogP contribution < -0.4 is 5.32 Å². The summed E-state index contributed by atoms with van der Waals surface area (Å²) in [5.74, 6) is 0.181. The molecule has 6 heteroatoms. The lowest BCUT2D eigenvalue weighted by molar-refractivity contribution is -0.118. The zero-order valence-electron chi connectivity index (χ0n) is 6.53. The molecule has 68 valence electrons. The van der Waals surface area contributed by atoms with Crippen molar-refractivity contribution in [2.75, 3.05) is 19.4 Å². The highest BCUT2D eigenvalue weighted by atomic mass is 32.2. The van der Waals surface area contributed by atoms with E-state index in [1.54, 1.807) is 7.05 Å². The van der Waals surface area contributed by atoms with Gasteiger partial charge in [-0.1, -0.05) is 0 Å². The number of carbonyl (C=O) groups is 2. The smallest absolute Gasteiger partial charge is 0.429 e. The van der Waals surface area contributed by atoms with Gasteiger partial charge < -0.3 is 14.8 Å². The van der Waals surface area contributed by atoms with Gasteiger partial charge in [0.05, 0.1) is 5.75 Å². The highest BCUT2D eigenvalue weighted by Gasteiger charge is 2.25. The second-order valence-corrected chi connectivity index (χ2v) is 3.24. The number of nitrogens with one attached hydrogen (secondary N) is 1. The maximum absolute atomic E-state index is 10.7. The molecule has 0 bridgehead atoms. The Labute approximate surface area is 73.8 Å². The molecule has 1 aliphatic heterocycles. The van der Waals surface area contributed by atoms with Crippen molar-refractivity contribution >= 4 is 23.8 Å². The van der Waals surface area contributed by atoms with Crippen LogP contribution in [0.4, 0.5) is 4.79 Å². The number of ether oxygens (including phenoxy) is 2. The lowest BCUT2D eigenvalue weighted by Crippen LogP contribution is -2.21. The standard InChI is InChI=1S/C6H9NO4S/c1-7-4(8)3-12-5-2-10-6(9)11-5/h5H,2-3H2,1H3,(H,7,8). The van der Waals surface area contributed by atoms with Crippen molar-refractivity contribution < 1.29 is 19.1 Å². The lowest BCUT2D eigenvalue weighted by atomic mass is 10.7. The van der Waals surface area contributed by atoms with Gasteiger partial charge in [0.1, 0.15) is 6.61 Å². The highest BCUT2D eigenvalue weighted by molar-refractivity contribution is 8.00. The molecule has 1 rings (SSSR count). The van der Waals surface area contributed by atoms with E-state index in [0.717, 1.165) is 0 Å². The summed E-state index contributed by atoms with van der Waals surface area (Å²) in [5.41, 5.74) is -0.338. The molecular formula is C6H9NO4S. The predicted molar refractivity (Wildman–Crippen MR) is 42.7 cm³/mol. The Bertz CT molecular complexity index is 196. The highest BCUT2D eigenvalue weighted by Crippen LogP contribution is 2.18. The van der Waals surface area contributed by atoms with E-state index in [4.69, 9.17) is 0 Å². The van der Waals surface area contributed by atoms with Gasteiger partial charge in [0.25, 0.3) is 0 Å². The fraction of sp³-hybridized carbons (Fsp3) is 0.667. The Kier molecular flexibility index (Phi) is 3.21. The fourth-order valence-electron chi connectivity index (χ4n) is 0.634. The molecule has 0 aromatic carbocycles. The molecule has 1 heterocycles. The van der Waals surface area contributed by atoms with Crippen LogP contribution >= 0.6 is 11.8 Å². The van der Waals surface area contributed by atoms with Crippen LogP contribution in [-0.2, 0) is 14.3 Å². The molecule has 1 fully saturated rings. The number of carbonyl (C=O) groups excluding carboxylic acids is 2. The van der Waals surface area contributed by atoms with Crippen LogP contribution in [0.5, 0.6) is 0 Å². The molecule has 0 aliphatic carbocycles. The molecule has 1 N–H and O–H groups in total. The first-order chi connectivity index (χ1) is 5.72. The molecule has 5 nitrogen and oxygen atoms in total. The average Bonchev–Trinajstić information content (AvgIpc) is 2.47. The van der Waals surface area contributed by atoms with Gasteiger partial charge in [-0.2, -0.15) is 0 Å². The molecule has 1 unspecified atom stereocenters. The predicted octanol–water partition coefficient (Wildman–Crippen LogP) is -0.0415. The first-order valence-electron chi connectivity index (χ1n) is 3.38. The Hall–Kier alpha value is -0.910. The van der Waals surface area contributed by atoms with Crippen LogP contribution in [0, 0.1) is 0 Å². The molecule has 1 amide bonds. The lowest BCUT2D eigenvalue weighted by Gasteiger charge is -2.03. The molecule has 0 saturated carbocycles. The van der Waals surface area contributed by atoms with E-state index in [9.17, 15) is 9.59 Å². The number of rotatable bonds is 3. The van der Waals surface area contributed by atoms with Gasteiger partial charge in [0.15, 0.2) is 5.44 Å². The van der Waals surface area contributed by atoms with Crippen molar-refractivity contribution in [3.63, 3.8) is 0 Å². The maximum Gasteiger partial charge on any atom is 0.509 e. The first kappa shape index (κ1) is 9.18. The molecule has 1 saturated heterocycles. The van der Waals surface area contributed by atoms with Gasteiger partial charge >= 0.3 is 6.16 Å². The number of hydrogen-bond donors (Lipinski definition) is 1. The van der Waals surface area contributed by atoms with Crippen LogP contribution in [0.3, 0.4) is 0 Å². The normalized spacial score (nSPS) is 21.4. The molecule has 12 heavy (non-hydrogen) atoms. The second-order valence-electron chi connectivity index (χ2n) is 2.09. The van der Waals surface area contributed by atoms with E-state index in [1.165, 1.54) is 11.8 Å². The number of amides is 1. The minimum absolute atomic E-state index is 0.0945. The van der Waals surface area contributed by atoms with E-state index < -0.39 is 6.16 Å². The summed E-state index contributed by atoms with van der Waals surface area (Å²) < 4.78 is 9.20. The first-order valence-corrected chi connectivity index (χ1v) is 4.43. The summed E-state index contributed by atoms with van der Waals surface area (Å²) in [6.07, 6.45) is -0.663. The van der Waals surface area contributed by atoms with Crippen LogP contribution in [0.2, 0.25) is 0 Å². The van der Waals surface area contributed by atoms with Gasteiger partial charge in [0.2, 0.25) is 5.91 Å². The van der Waals surface area contributed by atoms with Gasteiger partial charge in [-0.3, -0.25) is 4.79 Å². The summed E-state index contributed by atoms with van der Waals surface area (Å²) in [5, 5.41) is 2.46. The molecule has 0 spiro atoms. The van der Waals surface area contributed by atoms with E-state index >= 15 is 0 Å². The minimum Gasteiger partial charge on any atom is -0.429 e. The monoisotopic (exact) mass is 191 g/mol. The van der Waals surface area contributed by atoms with Gasteiger partial charge in [0, 0.05) is 7.05 Å². The molecule has 0 aromatic heterocycles. The quantitative estimate of drug-likeness (QED) is 0.634. The maximum atomic E-state index is 10.7. The van der Waals surface area contributed by atoms with Gasteiger partial charge in [-0.05, 0) is 0 Å². The summed E-state index contributed by atoms with van der Waals surface area (Å²) in [6.45, 7) is 0.223. The Morgan fingerprint density at radius 2 is 2.58 bits per heavy atom. The minimum atomic E-state index is -0.663. The van der Waals surface area contributed by atoms with E-state index in [-0.39, 0.29) is 23.7 Å². The Morgan fingerprint density at radius 1 is 1.83 bits per heavy atom. The van der Waals surface area contributed by atoms with Crippen molar-refractivity contribution in [2.24, 2.45) is 0 Å². The average molecular weight is 191 g/mol. The number of hydrogen-bond acceptors (Lipinski definition) is 5. The van der Waals surface area contributed by atoms with E-state index in [2.05, 4.69) is 14.8 Å². The second kappa shape index (κ2) is 4.20. The zero-order chi connectivity index (χ0) is 8.97. The van der Waals surface area contributed by atoms with Gasteiger partial charge in [-0.25, -0.2) is 4.79 Å². The van der Waals surface area contributed by atoms with Crippen molar-refractivity contribution in [2.45, 2.75) is 5.44 Å². The zero-order valence-corrected chi connectivity index (χ0v) is 7.35. The Balaban J connectivity index is 2.16. The van der Waals surface area contributed by atoms with Crippen molar-refractivity contribution in [1.29, 1.82) is 0 Å². The summed E-state index contributed by atoms with van der Waals surface area (Å²) in [7, 11) is 1.56. The number of cyclic esters (lactones) is 2. The fourth-order valence-corrected chi connectivity index (χ4v) is 1.43.